The molecule has 3 nitrogen and oxygen atoms in total. The summed E-state index contributed by atoms with van der Waals surface area (Å²) in [6.45, 7) is 4.04. The van der Waals surface area contributed by atoms with E-state index in [1.807, 2.05) is 56.3 Å². The first-order valence-electron chi connectivity index (χ1n) is 7.76. The van der Waals surface area contributed by atoms with Crippen LogP contribution in [0.2, 0.25) is 0 Å². The lowest BCUT2D eigenvalue weighted by molar-refractivity contribution is 0.104. The molecule has 0 bridgehead atoms. The topological polar surface area (TPSA) is 55.1 Å². The first kappa shape index (κ1) is 18.0. The lowest BCUT2D eigenvalue weighted by Gasteiger charge is -2.12. The van der Waals surface area contributed by atoms with Crippen LogP contribution in [0.4, 0.5) is 0 Å². The lowest BCUT2D eigenvalue weighted by Crippen LogP contribution is -2.22. The van der Waals surface area contributed by atoms with E-state index in [1.54, 1.807) is 24.3 Å². The quantitative estimate of drug-likeness (QED) is 0.437. The highest BCUT2D eigenvalue weighted by molar-refractivity contribution is 9.10. The van der Waals surface area contributed by atoms with Crippen LogP contribution in [0, 0.1) is 0 Å². The molecular formula is C20H21BrN2O. The van der Waals surface area contributed by atoms with Gasteiger partial charge < -0.3 is 11.1 Å². The molecule has 24 heavy (non-hydrogen) atoms. The maximum atomic E-state index is 12.4. The van der Waals surface area contributed by atoms with E-state index in [0.29, 0.717) is 17.0 Å². The van der Waals surface area contributed by atoms with E-state index >= 15 is 0 Å². The molecule has 0 radical (unpaired) electrons. The van der Waals surface area contributed by atoms with E-state index < -0.39 is 0 Å². The molecule has 0 aliphatic rings. The largest absolute Gasteiger partial charge is 0.398 e. The summed E-state index contributed by atoms with van der Waals surface area (Å²) in [5.74, 6) is -0.0568. The van der Waals surface area contributed by atoms with Crippen LogP contribution >= 0.6 is 15.9 Å². The highest BCUT2D eigenvalue weighted by Crippen LogP contribution is 2.16. The molecule has 2 aromatic carbocycles. The molecular weight excluding hydrogens is 364 g/mol. The number of rotatable bonds is 6. The van der Waals surface area contributed by atoms with Crippen LogP contribution in [0.25, 0.3) is 5.70 Å². The molecule has 0 aliphatic heterocycles. The van der Waals surface area contributed by atoms with Gasteiger partial charge >= 0.3 is 0 Å². The summed E-state index contributed by atoms with van der Waals surface area (Å²) in [5.41, 5.74) is 9.04. The molecule has 0 fully saturated rings. The molecule has 0 spiro atoms. The first-order valence-corrected chi connectivity index (χ1v) is 8.55. The van der Waals surface area contributed by atoms with Crippen molar-refractivity contribution in [3.05, 3.63) is 88.0 Å². The number of carbonyl (C=O) groups is 1. The first-order chi connectivity index (χ1) is 11.5. The van der Waals surface area contributed by atoms with Crippen LogP contribution in [0.5, 0.6) is 0 Å². The maximum absolute atomic E-state index is 12.4. The van der Waals surface area contributed by atoms with E-state index in [2.05, 4.69) is 21.2 Å². The second-order valence-electron chi connectivity index (χ2n) is 5.74. The summed E-state index contributed by atoms with van der Waals surface area (Å²) in [4.78, 5) is 12.4. The number of benzene rings is 2. The average molecular weight is 385 g/mol. The van der Waals surface area contributed by atoms with Crippen molar-refractivity contribution >= 4 is 27.4 Å². The minimum absolute atomic E-state index is 0.0568. The third-order valence-electron chi connectivity index (χ3n) is 3.29. The Hall–Kier alpha value is -2.33. The Balaban J connectivity index is 2.30. The SMILES string of the molecule is CC(C)NC(/C=C(\N)c1ccc(Br)cc1)=C/C(=O)c1ccccc1. The van der Waals surface area contributed by atoms with Gasteiger partial charge in [-0.05, 0) is 37.6 Å². The van der Waals surface area contributed by atoms with Gasteiger partial charge in [0.1, 0.15) is 0 Å². The molecule has 0 saturated carbocycles. The number of ketones is 1. The van der Waals surface area contributed by atoms with Gasteiger partial charge in [0.05, 0.1) is 0 Å². The van der Waals surface area contributed by atoms with E-state index in [9.17, 15) is 4.79 Å². The van der Waals surface area contributed by atoms with Gasteiger partial charge in [0.25, 0.3) is 0 Å². The molecule has 0 aliphatic carbocycles. The van der Waals surface area contributed by atoms with Gasteiger partial charge in [-0.15, -0.1) is 0 Å². The standard InChI is InChI=1S/C20H21BrN2O/c1-14(2)23-18(13-20(24)16-6-4-3-5-7-16)12-19(22)15-8-10-17(21)11-9-15/h3-14,23H,22H2,1-2H3/b18-13+,19-12-. The monoisotopic (exact) mass is 384 g/mol. The van der Waals surface area contributed by atoms with Gasteiger partial charge in [0, 0.05) is 33.5 Å². The number of hydrogen-bond donors (Lipinski definition) is 2. The van der Waals surface area contributed by atoms with E-state index in [4.69, 9.17) is 5.73 Å². The molecule has 0 amide bonds. The second-order valence-corrected chi connectivity index (χ2v) is 6.65. The zero-order chi connectivity index (χ0) is 17.5. The third kappa shape index (κ3) is 5.39. The Morgan fingerprint density at radius 2 is 1.62 bits per heavy atom. The van der Waals surface area contributed by atoms with Crippen LogP contribution in [0.3, 0.4) is 0 Å². The zero-order valence-corrected chi connectivity index (χ0v) is 15.4. The number of nitrogens with one attached hydrogen (secondary N) is 1. The molecule has 0 heterocycles. The maximum Gasteiger partial charge on any atom is 0.187 e. The Labute approximate surface area is 151 Å². The molecule has 0 aromatic heterocycles. The van der Waals surface area contributed by atoms with Gasteiger partial charge in [0.15, 0.2) is 5.78 Å². The summed E-state index contributed by atoms with van der Waals surface area (Å²) in [6.07, 6.45) is 3.38. The van der Waals surface area contributed by atoms with Gasteiger partial charge in [-0.3, -0.25) is 4.79 Å². The van der Waals surface area contributed by atoms with Crippen molar-refractivity contribution in [3.63, 3.8) is 0 Å². The Morgan fingerprint density at radius 1 is 1.00 bits per heavy atom. The zero-order valence-electron chi connectivity index (χ0n) is 13.8. The highest BCUT2D eigenvalue weighted by atomic mass is 79.9. The second kappa shape index (κ2) is 8.50. The van der Waals surface area contributed by atoms with Gasteiger partial charge in [-0.25, -0.2) is 0 Å². The van der Waals surface area contributed by atoms with E-state index in [1.165, 1.54) is 0 Å². The van der Waals surface area contributed by atoms with Crippen molar-refractivity contribution < 1.29 is 4.79 Å². The molecule has 124 valence electrons. The van der Waals surface area contributed by atoms with Crippen molar-refractivity contribution in [1.29, 1.82) is 0 Å². The van der Waals surface area contributed by atoms with E-state index in [0.717, 1.165) is 10.0 Å². The van der Waals surface area contributed by atoms with Crippen LogP contribution in [0.15, 0.2) is 76.9 Å². The van der Waals surface area contributed by atoms with E-state index in [-0.39, 0.29) is 11.8 Å². The summed E-state index contributed by atoms with van der Waals surface area (Å²) in [5, 5.41) is 3.27. The van der Waals surface area contributed by atoms with Crippen LogP contribution in [-0.2, 0) is 0 Å². The van der Waals surface area contributed by atoms with Gasteiger partial charge in [0.2, 0.25) is 0 Å². The summed E-state index contributed by atoms with van der Waals surface area (Å²) in [6, 6.07) is 17.1. The lowest BCUT2D eigenvalue weighted by atomic mass is 10.1. The van der Waals surface area contributed by atoms with Crippen molar-refractivity contribution in [1.82, 2.24) is 5.32 Å². The predicted octanol–water partition coefficient (Wildman–Crippen LogP) is 4.51. The molecule has 0 saturated heterocycles. The smallest absolute Gasteiger partial charge is 0.187 e. The fraction of sp³-hybridized carbons (Fsp3) is 0.150. The summed E-state index contributed by atoms with van der Waals surface area (Å²) < 4.78 is 0.995. The Bertz CT molecular complexity index is 747. The molecule has 2 rings (SSSR count). The van der Waals surface area contributed by atoms with Crippen LogP contribution < -0.4 is 11.1 Å². The normalized spacial score (nSPS) is 12.3. The average Bonchev–Trinajstić information content (AvgIpc) is 2.55. The number of nitrogens with two attached hydrogens (primary N) is 1. The highest BCUT2D eigenvalue weighted by Gasteiger charge is 2.06. The number of hydrogen-bond acceptors (Lipinski definition) is 3. The number of halogens is 1. The van der Waals surface area contributed by atoms with Crippen LogP contribution in [-0.4, -0.2) is 11.8 Å². The predicted molar refractivity (Wildman–Crippen MR) is 103 cm³/mol. The number of carbonyl (C=O) groups excluding carboxylic acids is 1. The van der Waals surface area contributed by atoms with Crippen molar-refractivity contribution in [2.75, 3.05) is 0 Å². The summed E-state index contributed by atoms with van der Waals surface area (Å²) in [7, 11) is 0. The minimum Gasteiger partial charge on any atom is -0.398 e. The Kier molecular flexibility index (Phi) is 6.38. The fourth-order valence-electron chi connectivity index (χ4n) is 2.18. The molecule has 2 aromatic rings. The molecule has 0 atom stereocenters. The number of allylic oxidation sites excluding steroid dienone is 2. The van der Waals surface area contributed by atoms with Crippen LogP contribution in [0.1, 0.15) is 29.8 Å². The van der Waals surface area contributed by atoms with Crippen molar-refractivity contribution in [2.24, 2.45) is 5.73 Å². The summed E-state index contributed by atoms with van der Waals surface area (Å²) >= 11 is 3.41. The van der Waals surface area contributed by atoms with Crippen molar-refractivity contribution in [3.8, 4) is 0 Å². The Morgan fingerprint density at radius 3 is 2.21 bits per heavy atom. The molecule has 3 N–H and O–H groups in total. The van der Waals surface area contributed by atoms with Gasteiger partial charge in [-0.2, -0.15) is 0 Å². The molecule has 4 heteroatoms. The minimum atomic E-state index is -0.0568. The van der Waals surface area contributed by atoms with Gasteiger partial charge in [-0.1, -0.05) is 58.4 Å². The van der Waals surface area contributed by atoms with Crippen molar-refractivity contribution in [2.45, 2.75) is 19.9 Å². The third-order valence-corrected chi connectivity index (χ3v) is 3.82. The fourth-order valence-corrected chi connectivity index (χ4v) is 2.44. The molecule has 0 unspecified atom stereocenters.